The Morgan fingerprint density at radius 3 is 2.50 bits per heavy atom. The van der Waals surface area contributed by atoms with Gasteiger partial charge in [0.15, 0.2) is 0 Å². The Labute approximate surface area is 127 Å². The number of rotatable bonds is 2. The molecule has 0 atom stereocenters. The Bertz CT molecular complexity index is 757. The highest BCUT2D eigenvalue weighted by atomic mass is 35.5. The molecule has 3 nitrogen and oxygen atoms in total. The Morgan fingerprint density at radius 2 is 1.90 bits per heavy atom. The fraction of sp³-hybridized carbons (Fsp3) is 0.200. The normalized spacial score (nSPS) is 10.6. The predicted octanol–water partition coefficient (Wildman–Crippen LogP) is 4.27. The third kappa shape index (κ3) is 2.58. The van der Waals surface area contributed by atoms with Crippen molar-refractivity contribution in [1.82, 2.24) is 4.57 Å². The molecule has 1 aromatic carbocycles. The molecule has 20 heavy (non-hydrogen) atoms. The molecule has 2 rings (SSSR count). The molecule has 0 unspecified atom stereocenters. The molecule has 5 heteroatoms. The average molecular weight is 307 g/mol. The molecule has 0 radical (unpaired) electrons. The zero-order chi connectivity index (χ0) is 14.9. The summed E-state index contributed by atoms with van der Waals surface area (Å²) in [7, 11) is 0. The summed E-state index contributed by atoms with van der Waals surface area (Å²) < 4.78 is 1.55. The number of halogens is 2. The fourth-order valence-electron chi connectivity index (χ4n) is 2.06. The first-order valence-corrected chi connectivity index (χ1v) is 6.82. The lowest BCUT2D eigenvalue weighted by molar-refractivity contribution is 0.584. The minimum atomic E-state index is -0.323. The zero-order valence-corrected chi connectivity index (χ0v) is 12.5. The van der Waals surface area contributed by atoms with Crippen LogP contribution in [-0.4, -0.2) is 4.57 Å². The van der Waals surface area contributed by atoms with Crippen LogP contribution in [0.2, 0.25) is 10.0 Å². The Hall–Kier alpha value is -1.76. The Balaban J connectivity index is 2.82. The zero-order valence-electron chi connectivity index (χ0n) is 11.0. The molecule has 0 saturated heterocycles. The maximum absolute atomic E-state index is 12.3. The lowest BCUT2D eigenvalue weighted by Gasteiger charge is -2.17. The van der Waals surface area contributed by atoms with E-state index in [0.717, 1.165) is 0 Å². The van der Waals surface area contributed by atoms with Crippen LogP contribution in [0.4, 0.5) is 0 Å². The maximum atomic E-state index is 12.3. The highest BCUT2D eigenvalue weighted by molar-refractivity contribution is 6.35. The molecule has 0 aliphatic heterocycles. The summed E-state index contributed by atoms with van der Waals surface area (Å²) >= 11 is 12.2. The van der Waals surface area contributed by atoms with Crippen molar-refractivity contribution in [2.24, 2.45) is 0 Å². The summed E-state index contributed by atoms with van der Waals surface area (Å²) in [5.74, 6) is 0. The first-order chi connectivity index (χ1) is 9.45. The van der Waals surface area contributed by atoms with E-state index in [0.29, 0.717) is 21.3 Å². The summed E-state index contributed by atoms with van der Waals surface area (Å²) in [4.78, 5) is 12.3. The first-order valence-electron chi connectivity index (χ1n) is 6.06. The molecule has 0 amide bonds. The van der Waals surface area contributed by atoms with Gasteiger partial charge in [0.2, 0.25) is 0 Å². The van der Waals surface area contributed by atoms with Gasteiger partial charge in [-0.15, -0.1) is 0 Å². The van der Waals surface area contributed by atoms with E-state index < -0.39 is 0 Å². The highest BCUT2D eigenvalue weighted by Gasteiger charge is 2.15. The molecule has 0 bridgehead atoms. The van der Waals surface area contributed by atoms with E-state index >= 15 is 0 Å². The molecular weight excluding hydrogens is 295 g/mol. The van der Waals surface area contributed by atoms with Crippen molar-refractivity contribution in [2.45, 2.75) is 19.9 Å². The Kier molecular flexibility index (Phi) is 4.17. The number of hydrogen-bond donors (Lipinski definition) is 0. The van der Waals surface area contributed by atoms with Gasteiger partial charge in [0.05, 0.1) is 5.69 Å². The van der Waals surface area contributed by atoms with Gasteiger partial charge in [0.25, 0.3) is 5.56 Å². The van der Waals surface area contributed by atoms with E-state index in [1.54, 1.807) is 28.8 Å². The minimum absolute atomic E-state index is 0.0964. The SMILES string of the molecule is CC(C)n1c(-c2cc(Cl)ccc2Cl)ccc(C#N)c1=O. The molecule has 0 fully saturated rings. The summed E-state index contributed by atoms with van der Waals surface area (Å²) in [6.07, 6.45) is 0. The second kappa shape index (κ2) is 5.70. The molecule has 1 heterocycles. The van der Waals surface area contributed by atoms with Crippen LogP contribution < -0.4 is 5.56 Å². The van der Waals surface area contributed by atoms with E-state index in [2.05, 4.69) is 0 Å². The molecule has 0 N–H and O–H groups in total. The van der Waals surface area contributed by atoms with E-state index in [1.165, 1.54) is 6.07 Å². The Morgan fingerprint density at radius 1 is 1.20 bits per heavy atom. The number of aromatic nitrogens is 1. The number of pyridine rings is 1. The van der Waals surface area contributed by atoms with Crippen molar-refractivity contribution in [1.29, 1.82) is 5.26 Å². The summed E-state index contributed by atoms with van der Waals surface area (Å²) in [6.45, 7) is 3.76. The molecule has 0 aliphatic rings. The monoisotopic (exact) mass is 306 g/mol. The van der Waals surface area contributed by atoms with Crippen molar-refractivity contribution in [2.75, 3.05) is 0 Å². The van der Waals surface area contributed by atoms with Crippen LogP contribution in [-0.2, 0) is 0 Å². The van der Waals surface area contributed by atoms with Gasteiger partial charge in [0.1, 0.15) is 11.6 Å². The molecule has 0 spiro atoms. The van der Waals surface area contributed by atoms with E-state index in [1.807, 2.05) is 19.9 Å². The molecule has 102 valence electrons. The van der Waals surface area contributed by atoms with E-state index in [-0.39, 0.29) is 17.2 Å². The summed E-state index contributed by atoms with van der Waals surface area (Å²) in [5, 5.41) is 10.0. The molecule has 0 saturated carbocycles. The number of nitrogens with zero attached hydrogens (tertiary/aromatic N) is 2. The standard InChI is InChI=1S/C15H12Cl2N2O/c1-9(2)19-14(6-3-10(8-18)15(19)20)12-7-11(16)4-5-13(12)17/h3-7,9H,1-2H3. The van der Waals surface area contributed by atoms with Crippen molar-refractivity contribution in [3.8, 4) is 17.3 Å². The van der Waals surface area contributed by atoms with Gasteiger partial charge < -0.3 is 4.57 Å². The van der Waals surface area contributed by atoms with Crippen LogP contribution >= 0.6 is 23.2 Å². The lowest BCUT2D eigenvalue weighted by Crippen LogP contribution is -2.25. The van der Waals surface area contributed by atoms with Crippen molar-refractivity contribution in [3.05, 3.63) is 56.3 Å². The van der Waals surface area contributed by atoms with Crippen LogP contribution in [0.25, 0.3) is 11.3 Å². The smallest absolute Gasteiger partial charge is 0.269 e. The van der Waals surface area contributed by atoms with Gasteiger partial charge in [-0.2, -0.15) is 5.26 Å². The largest absolute Gasteiger partial charge is 0.305 e. The van der Waals surface area contributed by atoms with Gasteiger partial charge in [-0.3, -0.25) is 4.79 Å². The van der Waals surface area contributed by atoms with E-state index in [4.69, 9.17) is 28.5 Å². The average Bonchev–Trinajstić information content (AvgIpc) is 2.40. The van der Waals surface area contributed by atoms with Crippen molar-refractivity contribution in [3.63, 3.8) is 0 Å². The number of benzene rings is 1. The third-order valence-electron chi connectivity index (χ3n) is 2.96. The van der Waals surface area contributed by atoms with Gasteiger partial charge in [-0.1, -0.05) is 23.2 Å². The van der Waals surface area contributed by atoms with Gasteiger partial charge in [-0.05, 0) is 44.2 Å². The topological polar surface area (TPSA) is 45.8 Å². The van der Waals surface area contributed by atoms with Gasteiger partial charge >= 0.3 is 0 Å². The lowest BCUT2D eigenvalue weighted by atomic mass is 10.1. The van der Waals surface area contributed by atoms with Crippen LogP contribution in [0, 0.1) is 11.3 Å². The maximum Gasteiger partial charge on any atom is 0.269 e. The van der Waals surface area contributed by atoms with Gasteiger partial charge in [0, 0.05) is 21.7 Å². The molecule has 1 aromatic heterocycles. The summed E-state index contributed by atoms with van der Waals surface area (Å²) in [5.41, 5.74) is 1.11. The van der Waals surface area contributed by atoms with E-state index in [9.17, 15) is 4.79 Å². The second-order valence-electron chi connectivity index (χ2n) is 4.64. The number of hydrogen-bond acceptors (Lipinski definition) is 2. The second-order valence-corrected chi connectivity index (χ2v) is 5.48. The van der Waals surface area contributed by atoms with Gasteiger partial charge in [-0.25, -0.2) is 0 Å². The van der Waals surface area contributed by atoms with Crippen LogP contribution in [0.3, 0.4) is 0 Å². The molecule has 2 aromatic rings. The highest BCUT2D eigenvalue weighted by Crippen LogP contribution is 2.31. The van der Waals surface area contributed by atoms with Crippen LogP contribution in [0.1, 0.15) is 25.5 Å². The molecule has 0 aliphatic carbocycles. The van der Waals surface area contributed by atoms with Crippen LogP contribution in [0.15, 0.2) is 35.1 Å². The first kappa shape index (κ1) is 14.6. The van der Waals surface area contributed by atoms with Crippen molar-refractivity contribution < 1.29 is 0 Å². The minimum Gasteiger partial charge on any atom is -0.305 e. The number of nitriles is 1. The van der Waals surface area contributed by atoms with Crippen molar-refractivity contribution >= 4 is 23.2 Å². The fourth-order valence-corrected chi connectivity index (χ4v) is 2.45. The predicted molar refractivity (Wildman–Crippen MR) is 81.3 cm³/mol. The quantitative estimate of drug-likeness (QED) is 0.831. The van der Waals surface area contributed by atoms with Crippen LogP contribution in [0.5, 0.6) is 0 Å². The third-order valence-corrected chi connectivity index (χ3v) is 3.52. The molecular formula is C15H12Cl2N2O. The summed E-state index contributed by atoms with van der Waals surface area (Å²) in [6, 6.07) is 10.1.